The van der Waals surface area contributed by atoms with E-state index in [2.05, 4.69) is 11.9 Å². The Bertz CT molecular complexity index is 179. The molecule has 1 amide bonds. The van der Waals surface area contributed by atoms with Crippen LogP contribution < -0.4 is 5.32 Å². The van der Waals surface area contributed by atoms with Crippen molar-refractivity contribution in [2.24, 2.45) is 0 Å². The minimum absolute atomic E-state index is 0.0899. The van der Waals surface area contributed by atoms with Gasteiger partial charge < -0.3 is 15.4 Å². The number of hydrogen-bond donors (Lipinski definition) is 3. The number of nitrogens with one attached hydrogen (secondary N) is 1. The zero-order chi connectivity index (χ0) is 9.78. The number of carbonyl (C=O) groups excluding carboxylic acids is 1. The first-order valence-electron chi connectivity index (χ1n) is 3.68. The summed E-state index contributed by atoms with van der Waals surface area (Å²) in [7, 11) is -1.41. The highest BCUT2D eigenvalue weighted by atomic mass is 16.4. The van der Waals surface area contributed by atoms with E-state index >= 15 is 0 Å². The second-order valence-corrected chi connectivity index (χ2v) is 3.26. The van der Waals surface area contributed by atoms with Crippen LogP contribution in [0.1, 0.15) is 13.8 Å². The fourth-order valence-corrected chi connectivity index (χ4v) is 0.892. The van der Waals surface area contributed by atoms with E-state index in [9.17, 15) is 4.79 Å². The molecule has 4 nitrogen and oxygen atoms in total. The van der Waals surface area contributed by atoms with E-state index < -0.39 is 12.7 Å². The highest BCUT2D eigenvalue weighted by molar-refractivity contribution is 6.41. The fraction of sp³-hybridized carbons (Fsp3) is 0.571. The largest absolute Gasteiger partial charge is 0.453 e. The molecule has 0 rings (SSSR count). The third kappa shape index (κ3) is 4.93. The van der Waals surface area contributed by atoms with Crippen LogP contribution in [0.3, 0.4) is 0 Å². The molecule has 0 radical (unpaired) electrons. The molecule has 5 heteroatoms. The van der Waals surface area contributed by atoms with E-state index in [-0.39, 0.29) is 12.2 Å². The van der Waals surface area contributed by atoms with Crippen molar-refractivity contribution in [2.75, 3.05) is 0 Å². The van der Waals surface area contributed by atoms with Crippen molar-refractivity contribution in [3.8, 4) is 0 Å². The molecular formula is C7H14BNO3. The van der Waals surface area contributed by atoms with Gasteiger partial charge in [-0.1, -0.05) is 6.58 Å². The van der Waals surface area contributed by atoms with E-state index in [1.807, 2.05) is 0 Å². The second-order valence-electron chi connectivity index (χ2n) is 3.26. The van der Waals surface area contributed by atoms with Crippen LogP contribution in [-0.2, 0) is 4.79 Å². The van der Waals surface area contributed by atoms with Gasteiger partial charge in [0.1, 0.15) is 0 Å². The van der Waals surface area contributed by atoms with Crippen molar-refractivity contribution in [1.29, 1.82) is 0 Å². The maximum atomic E-state index is 10.8. The molecule has 0 unspecified atom stereocenters. The lowest BCUT2D eigenvalue weighted by Gasteiger charge is -2.24. The van der Waals surface area contributed by atoms with Gasteiger partial charge in [-0.25, -0.2) is 0 Å². The first-order chi connectivity index (χ1) is 5.37. The van der Waals surface area contributed by atoms with E-state index in [1.54, 1.807) is 13.8 Å². The van der Waals surface area contributed by atoms with Crippen molar-refractivity contribution in [2.45, 2.75) is 25.7 Å². The average Bonchev–Trinajstić information content (AvgIpc) is 1.83. The standard InChI is InChI=1S/C7H14BNO3/c1-4-6(10)9-7(2,3)5-8(11)12/h4,11-12H,1,5H2,2-3H3,(H,9,10). The zero-order valence-electron chi connectivity index (χ0n) is 7.37. The maximum absolute atomic E-state index is 10.8. The van der Waals surface area contributed by atoms with Crippen LogP contribution in [0.4, 0.5) is 0 Å². The van der Waals surface area contributed by atoms with Crippen LogP contribution in [0.2, 0.25) is 6.32 Å². The maximum Gasteiger partial charge on any atom is 0.453 e. The van der Waals surface area contributed by atoms with E-state index in [1.165, 1.54) is 0 Å². The van der Waals surface area contributed by atoms with Gasteiger partial charge in [-0.3, -0.25) is 4.79 Å². The van der Waals surface area contributed by atoms with Crippen molar-refractivity contribution in [1.82, 2.24) is 5.32 Å². The summed E-state index contributed by atoms with van der Waals surface area (Å²) in [5.74, 6) is -0.319. The quantitative estimate of drug-likeness (QED) is 0.396. The summed E-state index contributed by atoms with van der Waals surface area (Å²) >= 11 is 0. The van der Waals surface area contributed by atoms with Gasteiger partial charge in [0.15, 0.2) is 0 Å². The minimum atomic E-state index is -1.41. The molecule has 0 aliphatic heterocycles. The number of hydrogen-bond acceptors (Lipinski definition) is 3. The SMILES string of the molecule is C=CC(=O)NC(C)(C)CB(O)O. The van der Waals surface area contributed by atoms with Gasteiger partial charge in [0, 0.05) is 11.9 Å². The average molecular weight is 171 g/mol. The Kier molecular flexibility index (Phi) is 3.99. The van der Waals surface area contributed by atoms with Crippen LogP contribution in [0.5, 0.6) is 0 Å². The highest BCUT2D eigenvalue weighted by Gasteiger charge is 2.25. The summed E-state index contributed by atoms with van der Waals surface area (Å²) < 4.78 is 0. The molecule has 68 valence electrons. The molecule has 0 bridgehead atoms. The predicted molar refractivity (Wildman–Crippen MR) is 47.4 cm³/mol. The van der Waals surface area contributed by atoms with Crippen LogP contribution in [0.25, 0.3) is 0 Å². The molecule has 0 aliphatic rings. The van der Waals surface area contributed by atoms with Crippen LogP contribution >= 0.6 is 0 Å². The van der Waals surface area contributed by atoms with E-state index in [0.717, 1.165) is 6.08 Å². The first kappa shape index (κ1) is 11.2. The molecule has 0 saturated heterocycles. The number of rotatable bonds is 4. The Morgan fingerprint density at radius 2 is 2.17 bits per heavy atom. The van der Waals surface area contributed by atoms with Gasteiger partial charge in [-0.2, -0.15) is 0 Å². The van der Waals surface area contributed by atoms with E-state index in [0.29, 0.717) is 0 Å². The summed E-state index contributed by atoms with van der Waals surface area (Å²) in [5.41, 5.74) is -0.626. The van der Waals surface area contributed by atoms with Crippen LogP contribution in [-0.4, -0.2) is 28.6 Å². The fourth-order valence-electron chi connectivity index (χ4n) is 0.892. The lowest BCUT2D eigenvalue weighted by molar-refractivity contribution is -0.117. The van der Waals surface area contributed by atoms with Gasteiger partial charge in [-0.05, 0) is 19.9 Å². The Morgan fingerprint density at radius 1 is 1.67 bits per heavy atom. The minimum Gasteiger partial charge on any atom is -0.427 e. The van der Waals surface area contributed by atoms with Crippen molar-refractivity contribution in [3.05, 3.63) is 12.7 Å². The Morgan fingerprint density at radius 3 is 2.50 bits per heavy atom. The smallest absolute Gasteiger partial charge is 0.427 e. The molecule has 3 N–H and O–H groups in total. The van der Waals surface area contributed by atoms with Crippen LogP contribution in [0, 0.1) is 0 Å². The van der Waals surface area contributed by atoms with E-state index in [4.69, 9.17) is 10.0 Å². The number of carbonyl (C=O) groups is 1. The lowest BCUT2D eigenvalue weighted by Crippen LogP contribution is -2.45. The molecular weight excluding hydrogens is 157 g/mol. The van der Waals surface area contributed by atoms with Crippen molar-refractivity contribution in [3.63, 3.8) is 0 Å². The Hall–Kier alpha value is -0.805. The first-order valence-corrected chi connectivity index (χ1v) is 3.68. The van der Waals surface area contributed by atoms with Gasteiger partial charge in [0.2, 0.25) is 5.91 Å². The predicted octanol–water partition coefficient (Wildman–Crippen LogP) is -0.460. The summed E-state index contributed by atoms with van der Waals surface area (Å²) in [6.45, 7) is 6.69. The third-order valence-electron chi connectivity index (χ3n) is 1.34. The molecule has 0 saturated carbocycles. The lowest BCUT2D eigenvalue weighted by atomic mass is 9.75. The zero-order valence-corrected chi connectivity index (χ0v) is 7.37. The normalized spacial score (nSPS) is 10.7. The van der Waals surface area contributed by atoms with Gasteiger partial charge in [0.25, 0.3) is 0 Å². The van der Waals surface area contributed by atoms with Gasteiger partial charge >= 0.3 is 7.12 Å². The molecule has 0 aromatic rings. The highest BCUT2D eigenvalue weighted by Crippen LogP contribution is 2.09. The summed E-state index contributed by atoms with van der Waals surface area (Å²) in [6.07, 6.45) is 1.23. The summed E-state index contributed by atoms with van der Waals surface area (Å²) in [6, 6.07) is 0. The monoisotopic (exact) mass is 171 g/mol. The molecule has 0 fully saturated rings. The van der Waals surface area contributed by atoms with Crippen molar-refractivity contribution >= 4 is 13.0 Å². The third-order valence-corrected chi connectivity index (χ3v) is 1.34. The molecule has 12 heavy (non-hydrogen) atoms. The Balaban J connectivity index is 4.02. The molecule has 0 atom stereocenters. The van der Waals surface area contributed by atoms with Gasteiger partial charge in [0.05, 0.1) is 0 Å². The number of amides is 1. The van der Waals surface area contributed by atoms with Gasteiger partial charge in [-0.15, -0.1) is 0 Å². The molecule has 0 aromatic heterocycles. The molecule has 0 aliphatic carbocycles. The summed E-state index contributed by atoms with van der Waals surface area (Å²) in [4.78, 5) is 10.8. The Labute approximate surface area is 72.4 Å². The topological polar surface area (TPSA) is 69.6 Å². The molecule has 0 spiro atoms. The van der Waals surface area contributed by atoms with Crippen LogP contribution in [0.15, 0.2) is 12.7 Å². The summed E-state index contributed by atoms with van der Waals surface area (Å²) in [5, 5.41) is 19.9. The van der Waals surface area contributed by atoms with Crippen molar-refractivity contribution < 1.29 is 14.8 Å². The molecule has 0 heterocycles. The second kappa shape index (κ2) is 4.28. The molecule has 0 aromatic carbocycles.